The highest BCUT2D eigenvalue weighted by molar-refractivity contribution is 5.91. The highest BCUT2D eigenvalue weighted by atomic mass is 16.6. The Balaban J connectivity index is 1.73. The van der Waals surface area contributed by atoms with Gasteiger partial charge < -0.3 is 9.84 Å². The van der Waals surface area contributed by atoms with Gasteiger partial charge in [-0.05, 0) is 24.0 Å². The van der Waals surface area contributed by atoms with Gasteiger partial charge in [0.1, 0.15) is 18.0 Å². The van der Waals surface area contributed by atoms with Crippen LogP contribution in [-0.2, 0) is 14.3 Å². The second-order valence-electron chi connectivity index (χ2n) is 7.25. The lowest BCUT2D eigenvalue weighted by Crippen LogP contribution is -2.46. The van der Waals surface area contributed by atoms with Crippen LogP contribution < -0.4 is 0 Å². The van der Waals surface area contributed by atoms with Gasteiger partial charge in [0.15, 0.2) is 0 Å². The molecule has 2 unspecified atom stereocenters. The number of esters is 1. The molecule has 4 heteroatoms. The summed E-state index contributed by atoms with van der Waals surface area (Å²) < 4.78 is 5.50. The van der Waals surface area contributed by atoms with Gasteiger partial charge in [-0.1, -0.05) is 44.2 Å². The summed E-state index contributed by atoms with van der Waals surface area (Å²) in [7, 11) is 0. The second-order valence-corrected chi connectivity index (χ2v) is 7.25. The van der Waals surface area contributed by atoms with E-state index in [1.807, 2.05) is 44.2 Å². The summed E-state index contributed by atoms with van der Waals surface area (Å²) in [4.78, 5) is 24.3. The Bertz CT molecular complexity index is 661. The third kappa shape index (κ3) is 2.24. The van der Waals surface area contributed by atoms with Crippen LogP contribution in [0.1, 0.15) is 32.8 Å². The van der Waals surface area contributed by atoms with Crippen LogP contribution in [0.15, 0.2) is 36.4 Å². The Hall–Kier alpha value is -1.94. The summed E-state index contributed by atoms with van der Waals surface area (Å²) in [5, 5.41) is 10.6. The molecule has 0 aromatic heterocycles. The van der Waals surface area contributed by atoms with Crippen LogP contribution in [0.4, 0.5) is 0 Å². The van der Waals surface area contributed by atoms with Gasteiger partial charge in [-0.25, -0.2) is 4.79 Å². The smallest absolute Gasteiger partial charge is 0.331 e. The predicted molar refractivity (Wildman–Crippen MR) is 86.4 cm³/mol. The first-order chi connectivity index (χ1) is 10.8. The molecule has 0 radical (unpaired) electrons. The first-order valence-electron chi connectivity index (χ1n) is 7.93. The topological polar surface area (TPSA) is 63.6 Å². The molecule has 4 nitrogen and oxygen atoms in total. The molecule has 0 aliphatic heterocycles. The summed E-state index contributed by atoms with van der Waals surface area (Å²) in [5.74, 6) is -0.562. The minimum Gasteiger partial charge on any atom is -0.456 e. The van der Waals surface area contributed by atoms with E-state index in [0.717, 1.165) is 5.56 Å². The van der Waals surface area contributed by atoms with E-state index in [2.05, 4.69) is 0 Å². The Morgan fingerprint density at radius 3 is 2.48 bits per heavy atom. The first kappa shape index (κ1) is 15.9. The van der Waals surface area contributed by atoms with E-state index in [9.17, 15) is 14.7 Å². The molecular weight excluding hydrogens is 292 g/mol. The number of aliphatic hydroxyl groups is 1. The van der Waals surface area contributed by atoms with Crippen molar-refractivity contribution in [3.8, 4) is 0 Å². The fourth-order valence-corrected chi connectivity index (χ4v) is 4.08. The van der Waals surface area contributed by atoms with E-state index in [1.54, 1.807) is 13.0 Å². The number of rotatable bonds is 3. The second kappa shape index (κ2) is 5.31. The maximum atomic E-state index is 12.2. The molecule has 0 heterocycles. The normalized spacial score (nSPS) is 35.0. The van der Waals surface area contributed by atoms with Gasteiger partial charge in [0, 0.05) is 18.4 Å². The molecule has 2 fully saturated rings. The SMILES string of the molecule is CC1(C)[C@@H]2CC(=O)[C@@]1(C)C(O)C2OC(=O)/C=C/c1ccccc1. The molecule has 2 aliphatic rings. The van der Waals surface area contributed by atoms with Gasteiger partial charge in [0.05, 0.1) is 5.41 Å². The Morgan fingerprint density at radius 2 is 1.91 bits per heavy atom. The fourth-order valence-electron chi connectivity index (χ4n) is 4.08. The molecule has 2 aliphatic carbocycles. The zero-order valence-electron chi connectivity index (χ0n) is 13.7. The van der Waals surface area contributed by atoms with E-state index in [4.69, 9.17) is 4.74 Å². The number of ketones is 1. The molecule has 122 valence electrons. The van der Waals surface area contributed by atoms with Gasteiger partial charge in [-0.3, -0.25) is 4.79 Å². The van der Waals surface area contributed by atoms with Gasteiger partial charge in [0.2, 0.25) is 0 Å². The number of fused-ring (bicyclic) bond motifs is 2. The summed E-state index contributed by atoms with van der Waals surface area (Å²) in [6, 6.07) is 9.46. The molecule has 3 rings (SSSR count). The number of hydrogen-bond donors (Lipinski definition) is 1. The van der Waals surface area contributed by atoms with Crippen molar-refractivity contribution < 1.29 is 19.4 Å². The van der Waals surface area contributed by atoms with Crippen molar-refractivity contribution in [1.29, 1.82) is 0 Å². The molecule has 1 aromatic rings. The standard InChI is InChI=1S/C19H22O4/c1-18(2)13-11-14(20)19(18,3)17(22)16(13)23-15(21)10-9-12-7-5-4-6-8-12/h4-10,13,16-17,22H,11H2,1-3H3/b10-9+/t13-,16?,17?,19+/m1/s1. The predicted octanol–water partition coefficient (Wildman–Crippen LogP) is 2.61. The van der Waals surface area contributed by atoms with Crippen LogP contribution in [0.25, 0.3) is 6.08 Å². The lowest BCUT2D eigenvalue weighted by atomic mass is 9.69. The monoisotopic (exact) mass is 314 g/mol. The zero-order valence-corrected chi connectivity index (χ0v) is 13.7. The van der Waals surface area contributed by atoms with Gasteiger partial charge in [-0.15, -0.1) is 0 Å². The van der Waals surface area contributed by atoms with Crippen LogP contribution in [-0.4, -0.2) is 29.1 Å². The van der Waals surface area contributed by atoms with Crippen LogP contribution in [0.2, 0.25) is 0 Å². The van der Waals surface area contributed by atoms with Crippen molar-refractivity contribution in [1.82, 2.24) is 0 Å². The number of Topliss-reactive ketones (excluding diaryl/α,β-unsaturated/α-hetero) is 1. The van der Waals surface area contributed by atoms with Crippen molar-refractivity contribution >= 4 is 17.8 Å². The summed E-state index contributed by atoms with van der Waals surface area (Å²) >= 11 is 0. The largest absolute Gasteiger partial charge is 0.456 e. The molecule has 4 atom stereocenters. The Labute approximate surface area is 136 Å². The number of carbonyl (C=O) groups excluding carboxylic acids is 2. The number of ether oxygens (including phenoxy) is 1. The maximum absolute atomic E-state index is 12.2. The summed E-state index contributed by atoms with van der Waals surface area (Å²) in [6.45, 7) is 5.73. The molecule has 0 saturated heterocycles. The third-order valence-corrected chi connectivity index (χ3v) is 6.01. The number of hydrogen-bond acceptors (Lipinski definition) is 4. The van der Waals surface area contributed by atoms with Gasteiger partial charge in [-0.2, -0.15) is 0 Å². The minimum atomic E-state index is -0.946. The average Bonchev–Trinajstić information content (AvgIpc) is 2.78. The van der Waals surface area contributed by atoms with Crippen LogP contribution in [0, 0.1) is 16.7 Å². The lowest BCUT2D eigenvalue weighted by Gasteiger charge is -2.34. The van der Waals surface area contributed by atoms with E-state index in [1.165, 1.54) is 6.08 Å². The average molecular weight is 314 g/mol. The lowest BCUT2D eigenvalue weighted by molar-refractivity contribution is -0.159. The highest BCUT2D eigenvalue weighted by Crippen LogP contribution is 2.64. The molecule has 2 bridgehead atoms. The quantitative estimate of drug-likeness (QED) is 0.688. The maximum Gasteiger partial charge on any atom is 0.331 e. The number of benzene rings is 1. The van der Waals surface area contributed by atoms with Crippen molar-refractivity contribution in [3.05, 3.63) is 42.0 Å². The van der Waals surface area contributed by atoms with Crippen molar-refractivity contribution in [2.75, 3.05) is 0 Å². The van der Waals surface area contributed by atoms with Gasteiger partial charge >= 0.3 is 5.97 Å². The first-order valence-corrected chi connectivity index (χ1v) is 7.93. The molecular formula is C19H22O4. The molecule has 2 saturated carbocycles. The number of aliphatic hydroxyl groups excluding tert-OH is 1. The van der Waals surface area contributed by atoms with E-state index < -0.39 is 23.6 Å². The molecule has 1 N–H and O–H groups in total. The van der Waals surface area contributed by atoms with Gasteiger partial charge in [0.25, 0.3) is 0 Å². The fraction of sp³-hybridized carbons (Fsp3) is 0.474. The van der Waals surface area contributed by atoms with Crippen molar-refractivity contribution in [2.24, 2.45) is 16.7 Å². The number of carbonyl (C=O) groups is 2. The third-order valence-electron chi connectivity index (χ3n) is 6.01. The van der Waals surface area contributed by atoms with Crippen LogP contribution >= 0.6 is 0 Å². The molecule has 1 aromatic carbocycles. The summed E-state index contributed by atoms with van der Waals surface area (Å²) in [6.07, 6.45) is 1.84. The highest BCUT2D eigenvalue weighted by Gasteiger charge is 2.71. The van der Waals surface area contributed by atoms with E-state index in [-0.39, 0.29) is 17.1 Å². The Kier molecular flexibility index (Phi) is 3.68. The van der Waals surface area contributed by atoms with Crippen molar-refractivity contribution in [3.63, 3.8) is 0 Å². The van der Waals surface area contributed by atoms with Crippen LogP contribution in [0.5, 0.6) is 0 Å². The van der Waals surface area contributed by atoms with E-state index >= 15 is 0 Å². The van der Waals surface area contributed by atoms with Crippen molar-refractivity contribution in [2.45, 2.75) is 39.4 Å². The zero-order chi connectivity index (χ0) is 16.8. The Morgan fingerprint density at radius 1 is 1.26 bits per heavy atom. The molecule has 0 amide bonds. The minimum absolute atomic E-state index is 0.0622. The summed E-state index contributed by atoms with van der Waals surface area (Å²) in [5.41, 5.74) is -0.316. The molecule has 23 heavy (non-hydrogen) atoms. The van der Waals surface area contributed by atoms with Crippen LogP contribution in [0.3, 0.4) is 0 Å². The molecule has 0 spiro atoms. The van der Waals surface area contributed by atoms with E-state index in [0.29, 0.717) is 6.42 Å².